The highest BCUT2D eigenvalue weighted by molar-refractivity contribution is 5.77. The van der Waals surface area contributed by atoms with Crippen LogP contribution in [0.15, 0.2) is 35.6 Å². The van der Waals surface area contributed by atoms with Crippen molar-refractivity contribution in [3.8, 4) is 11.4 Å². The van der Waals surface area contributed by atoms with E-state index >= 15 is 0 Å². The van der Waals surface area contributed by atoms with Gasteiger partial charge in [-0.2, -0.15) is 5.10 Å². The molecule has 0 radical (unpaired) electrons. The van der Waals surface area contributed by atoms with Gasteiger partial charge in [-0.15, -0.1) is 0 Å². The number of aromatic amines is 1. The quantitative estimate of drug-likeness (QED) is 0.589. The zero-order chi connectivity index (χ0) is 16.8. The maximum absolute atomic E-state index is 12.4. The molecule has 126 valence electrons. The fourth-order valence-corrected chi connectivity index (χ4v) is 3.31. The second-order valence-electron chi connectivity index (χ2n) is 6.02. The van der Waals surface area contributed by atoms with Crippen LogP contribution < -0.4 is 5.69 Å². The highest BCUT2D eigenvalue weighted by atomic mass is 16.5. The number of nitrogens with one attached hydrogen (secondary N) is 1. The van der Waals surface area contributed by atoms with Gasteiger partial charge >= 0.3 is 5.69 Å². The number of rotatable bonds is 2. The smallest absolute Gasteiger partial charge is 0.327 e. The van der Waals surface area contributed by atoms with Gasteiger partial charge < -0.3 is 9.72 Å². The number of imidazole rings is 1. The van der Waals surface area contributed by atoms with Crippen LogP contribution in [0.5, 0.6) is 0 Å². The van der Waals surface area contributed by atoms with E-state index in [1.54, 1.807) is 27.7 Å². The summed E-state index contributed by atoms with van der Waals surface area (Å²) >= 11 is 0. The Hall–Kier alpha value is -3.07. The largest absolute Gasteiger partial charge is 0.381 e. The van der Waals surface area contributed by atoms with Crippen molar-refractivity contribution in [1.82, 2.24) is 34.1 Å². The summed E-state index contributed by atoms with van der Waals surface area (Å²) < 4.78 is 8.80. The van der Waals surface area contributed by atoms with Gasteiger partial charge in [0.25, 0.3) is 0 Å². The van der Waals surface area contributed by atoms with Crippen LogP contribution in [-0.4, -0.2) is 47.3 Å². The monoisotopic (exact) mass is 337 g/mol. The zero-order valence-corrected chi connectivity index (χ0v) is 13.3. The molecule has 9 heteroatoms. The molecule has 0 atom stereocenters. The molecule has 1 N–H and O–H groups in total. The number of aromatic nitrogens is 7. The van der Waals surface area contributed by atoms with E-state index in [0.717, 1.165) is 18.4 Å². The molecule has 0 aliphatic carbocycles. The van der Waals surface area contributed by atoms with Crippen molar-refractivity contribution in [2.24, 2.45) is 0 Å². The van der Waals surface area contributed by atoms with Crippen molar-refractivity contribution < 1.29 is 4.74 Å². The van der Waals surface area contributed by atoms with Gasteiger partial charge in [0.15, 0.2) is 17.1 Å². The average molecular weight is 337 g/mol. The summed E-state index contributed by atoms with van der Waals surface area (Å²) in [6.07, 6.45) is 8.44. The summed E-state index contributed by atoms with van der Waals surface area (Å²) in [5.74, 6) is 0.501. The van der Waals surface area contributed by atoms with Crippen molar-refractivity contribution >= 4 is 16.8 Å². The third-order valence-electron chi connectivity index (χ3n) is 4.53. The number of ether oxygens (including phenoxy) is 1. The summed E-state index contributed by atoms with van der Waals surface area (Å²) in [6, 6.07) is 1.89. The summed E-state index contributed by atoms with van der Waals surface area (Å²) in [5, 5.41) is 4.27. The normalized spacial score (nSPS) is 16.0. The third-order valence-corrected chi connectivity index (χ3v) is 4.53. The molecular weight excluding hydrogens is 322 g/mol. The molecular formula is C16H15N7O2. The molecule has 1 aliphatic rings. The molecule has 4 aromatic rings. The second kappa shape index (κ2) is 5.49. The van der Waals surface area contributed by atoms with Crippen LogP contribution in [0, 0.1) is 0 Å². The zero-order valence-electron chi connectivity index (χ0n) is 13.3. The molecule has 0 amide bonds. The second-order valence-corrected chi connectivity index (χ2v) is 6.02. The van der Waals surface area contributed by atoms with Crippen LogP contribution in [0.4, 0.5) is 0 Å². The molecule has 0 bridgehead atoms. The number of hydrogen-bond acceptors (Lipinski definition) is 6. The first-order chi connectivity index (χ1) is 12.3. The predicted octanol–water partition coefficient (Wildman–Crippen LogP) is 1.18. The van der Waals surface area contributed by atoms with Crippen LogP contribution in [0.3, 0.4) is 0 Å². The fourth-order valence-electron chi connectivity index (χ4n) is 3.31. The lowest BCUT2D eigenvalue weighted by molar-refractivity contribution is 0.0697. The van der Waals surface area contributed by atoms with Gasteiger partial charge in [0.05, 0.1) is 18.0 Å². The van der Waals surface area contributed by atoms with E-state index in [1.807, 2.05) is 12.3 Å². The molecule has 5 heterocycles. The maximum Gasteiger partial charge on any atom is 0.327 e. The maximum atomic E-state index is 12.4. The van der Waals surface area contributed by atoms with E-state index in [4.69, 9.17) is 4.74 Å². The van der Waals surface area contributed by atoms with E-state index in [2.05, 4.69) is 25.0 Å². The molecule has 0 saturated carbocycles. The average Bonchev–Trinajstić information content (AvgIpc) is 3.22. The van der Waals surface area contributed by atoms with Crippen molar-refractivity contribution in [3.05, 3.63) is 41.3 Å². The first-order valence-electron chi connectivity index (χ1n) is 8.15. The van der Waals surface area contributed by atoms with Gasteiger partial charge in [-0.05, 0) is 18.9 Å². The van der Waals surface area contributed by atoms with E-state index in [-0.39, 0.29) is 11.7 Å². The van der Waals surface area contributed by atoms with E-state index in [9.17, 15) is 4.79 Å². The molecule has 9 nitrogen and oxygen atoms in total. The van der Waals surface area contributed by atoms with Gasteiger partial charge in [0, 0.05) is 31.6 Å². The standard InChI is InChI=1S/C16H15N7O2/c24-16-20-12-9-18-13(11-8-19-22-5-1-4-17-14(11)22)21-15(12)23(16)10-2-6-25-7-3-10/h1,4-5,8-10H,2-3,6-7H2,(H,20,24). The number of nitrogens with zero attached hydrogens (tertiary/aromatic N) is 6. The van der Waals surface area contributed by atoms with Crippen LogP contribution in [0.1, 0.15) is 18.9 Å². The summed E-state index contributed by atoms with van der Waals surface area (Å²) in [4.78, 5) is 28.6. The van der Waals surface area contributed by atoms with Gasteiger partial charge in [-0.3, -0.25) is 4.57 Å². The Bertz CT molecular complexity index is 1120. The third kappa shape index (κ3) is 2.23. The van der Waals surface area contributed by atoms with Gasteiger partial charge in [0.2, 0.25) is 0 Å². The molecule has 1 saturated heterocycles. The highest BCUT2D eigenvalue weighted by Gasteiger charge is 2.22. The highest BCUT2D eigenvalue weighted by Crippen LogP contribution is 2.25. The van der Waals surface area contributed by atoms with Gasteiger partial charge in [0.1, 0.15) is 5.52 Å². The van der Waals surface area contributed by atoms with Crippen molar-refractivity contribution in [2.75, 3.05) is 13.2 Å². The summed E-state index contributed by atoms with van der Waals surface area (Å²) in [7, 11) is 0. The van der Waals surface area contributed by atoms with Crippen LogP contribution >= 0.6 is 0 Å². The Labute approximate surface area is 141 Å². The van der Waals surface area contributed by atoms with E-state index < -0.39 is 0 Å². The fraction of sp³-hybridized carbons (Fsp3) is 0.312. The molecule has 4 aromatic heterocycles. The SMILES string of the molecule is O=c1[nH]c2cnc(-c3cnn4cccnc34)nc2n1C1CCOCC1. The van der Waals surface area contributed by atoms with Crippen molar-refractivity contribution in [1.29, 1.82) is 0 Å². The molecule has 25 heavy (non-hydrogen) atoms. The molecule has 1 aliphatic heterocycles. The lowest BCUT2D eigenvalue weighted by Crippen LogP contribution is -2.27. The number of hydrogen-bond donors (Lipinski definition) is 1. The minimum absolute atomic E-state index is 0.0831. The first-order valence-corrected chi connectivity index (χ1v) is 8.15. The van der Waals surface area contributed by atoms with Crippen LogP contribution in [0.2, 0.25) is 0 Å². The molecule has 0 spiro atoms. The Balaban J connectivity index is 1.69. The number of H-pyrrole nitrogens is 1. The Morgan fingerprint density at radius 3 is 2.92 bits per heavy atom. The molecule has 1 fully saturated rings. The molecule has 5 rings (SSSR count). The molecule has 0 aromatic carbocycles. The Morgan fingerprint density at radius 2 is 2.04 bits per heavy atom. The lowest BCUT2D eigenvalue weighted by Gasteiger charge is -2.22. The Kier molecular flexibility index (Phi) is 3.14. The Morgan fingerprint density at radius 1 is 1.16 bits per heavy atom. The van der Waals surface area contributed by atoms with Crippen molar-refractivity contribution in [2.45, 2.75) is 18.9 Å². The topological polar surface area (TPSA) is 103 Å². The minimum atomic E-state index is -0.161. The van der Waals surface area contributed by atoms with Gasteiger partial charge in [-0.1, -0.05) is 0 Å². The van der Waals surface area contributed by atoms with Crippen LogP contribution in [0.25, 0.3) is 28.2 Å². The lowest BCUT2D eigenvalue weighted by atomic mass is 10.1. The summed E-state index contributed by atoms with van der Waals surface area (Å²) in [5.41, 5.74) is 2.49. The minimum Gasteiger partial charge on any atom is -0.381 e. The van der Waals surface area contributed by atoms with Crippen LogP contribution in [-0.2, 0) is 4.74 Å². The van der Waals surface area contributed by atoms with Gasteiger partial charge in [-0.25, -0.2) is 24.3 Å². The number of fused-ring (bicyclic) bond motifs is 2. The van der Waals surface area contributed by atoms with Crippen molar-refractivity contribution in [3.63, 3.8) is 0 Å². The predicted molar refractivity (Wildman–Crippen MR) is 89.2 cm³/mol. The van der Waals surface area contributed by atoms with E-state index in [1.165, 1.54) is 0 Å². The first kappa shape index (κ1) is 14.3. The summed E-state index contributed by atoms with van der Waals surface area (Å²) in [6.45, 7) is 1.30. The van der Waals surface area contributed by atoms with E-state index in [0.29, 0.717) is 35.8 Å². The molecule has 0 unspecified atom stereocenters.